The van der Waals surface area contributed by atoms with Crippen molar-refractivity contribution in [1.29, 1.82) is 0 Å². The third kappa shape index (κ3) is 4.28. The van der Waals surface area contributed by atoms with Gasteiger partial charge in [-0.05, 0) is 31.4 Å². The second-order valence-corrected chi connectivity index (χ2v) is 6.27. The summed E-state index contributed by atoms with van der Waals surface area (Å²) in [7, 11) is 1.79. The summed E-state index contributed by atoms with van der Waals surface area (Å²) in [5.41, 5.74) is 1.52. The number of β-amino-alcohol motifs (C(OH)–C–C–N with tert-alkyl or cyclic N) is 1. The van der Waals surface area contributed by atoms with Crippen molar-refractivity contribution in [2.24, 2.45) is 18.9 Å². The Morgan fingerprint density at radius 3 is 3.05 bits per heavy atom. The van der Waals surface area contributed by atoms with E-state index in [-0.39, 0.29) is 17.9 Å². The van der Waals surface area contributed by atoms with Crippen LogP contribution in [0.4, 0.5) is 0 Å². The van der Waals surface area contributed by atoms with Crippen molar-refractivity contribution in [3.05, 3.63) is 17.5 Å². The second kappa shape index (κ2) is 7.04. The van der Waals surface area contributed by atoms with E-state index in [1.54, 1.807) is 11.7 Å². The van der Waals surface area contributed by atoms with Gasteiger partial charge in [0.1, 0.15) is 5.69 Å². The standard InChI is InChI=1S/C15H26N4O2/c1-10(2)6-12-7-13(19(3)18-12)15(21)17-8-11-4-5-16-9-14(11)20/h7,10-11,14,16,20H,4-6,8-9H2,1-3H3,(H,17,21)/t11-,14+/m0/s1. The van der Waals surface area contributed by atoms with Crippen molar-refractivity contribution in [2.75, 3.05) is 19.6 Å². The molecule has 0 radical (unpaired) electrons. The predicted octanol–water partition coefficient (Wildman–Crippen LogP) is 0.319. The van der Waals surface area contributed by atoms with E-state index in [1.807, 2.05) is 6.07 Å². The number of piperidine rings is 1. The van der Waals surface area contributed by atoms with Crippen LogP contribution in [0.15, 0.2) is 6.07 Å². The first-order valence-corrected chi connectivity index (χ1v) is 7.67. The quantitative estimate of drug-likeness (QED) is 0.731. The highest BCUT2D eigenvalue weighted by atomic mass is 16.3. The molecule has 0 spiro atoms. The number of carbonyl (C=O) groups is 1. The highest BCUT2D eigenvalue weighted by molar-refractivity contribution is 5.92. The van der Waals surface area contributed by atoms with Crippen molar-refractivity contribution < 1.29 is 9.90 Å². The van der Waals surface area contributed by atoms with E-state index in [1.165, 1.54) is 0 Å². The minimum atomic E-state index is -0.387. The van der Waals surface area contributed by atoms with Gasteiger partial charge in [-0.15, -0.1) is 0 Å². The van der Waals surface area contributed by atoms with Gasteiger partial charge in [0.15, 0.2) is 0 Å². The molecule has 1 fully saturated rings. The number of nitrogens with one attached hydrogen (secondary N) is 2. The monoisotopic (exact) mass is 294 g/mol. The lowest BCUT2D eigenvalue weighted by Gasteiger charge is -2.28. The van der Waals surface area contributed by atoms with Gasteiger partial charge in [-0.3, -0.25) is 9.48 Å². The average Bonchev–Trinajstić information content (AvgIpc) is 2.77. The van der Waals surface area contributed by atoms with Crippen LogP contribution in [-0.2, 0) is 13.5 Å². The van der Waals surface area contributed by atoms with Gasteiger partial charge < -0.3 is 15.7 Å². The molecule has 3 N–H and O–H groups in total. The molecule has 6 heteroatoms. The van der Waals surface area contributed by atoms with E-state index < -0.39 is 0 Å². The second-order valence-electron chi connectivity index (χ2n) is 6.27. The summed E-state index contributed by atoms with van der Waals surface area (Å²) < 4.78 is 1.63. The molecule has 0 saturated carbocycles. The fourth-order valence-electron chi connectivity index (χ4n) is 2.71. The van der Waals surface area contributed by atoms with Gasteiger partial charge in [-0.2, -0.15) is 5.10 Å². The van der Waals surface area contributed by atoms with Crippen LogP contribution in [0, 0.1) is 11.8 Å². The Bertz CT molecular complexity index is 484. The Labute approximate surface area is 125 Å². The molecule has 0 aliphatic carbocycles. The summed E-state index contributed by atoms with van der Waals surface area (Å²) in [4.78, 5) is 12.2. The summed E-state index contributed by atoms with van der Waals surface area (Å²) in [6.45, 7) is 6.26. The molecule has 1 aromatic heterocycles. The first-order valence-electron chi connectivity index (χ1n) is 7.67. The molecule has 1 amide bonds. The van der Waals surface area contributed by atoms with Crippen LogP contribution in [0.2, 0.25) is 0 Å². The lowest BCUT2D eigenvalue weighted by Crippen LogP contribution is -2.45. The maximum atomic E-state index is 12.2. The van der Waals surface area contributed by atoms with Crippen molar-refractivity contribution in [3.63, 3.8) is 0 Å². The summed E-state index contributed by atoms with van der Waals surface area (Å²) in [5.74, 6) is 0.519. The Balaban J connectivity index is 1.92. The third-order valence-corrected chi connectivity index (χ3v) is 3.89. The Kier molecular flexibility index (Phi) is 5.36. The molecule has 0 bridgehead atoms. The molecule has 1 aliphatic heterocycles. The molecule has 2 heterocycles. The zero-order valence-electron chi connectivity index (χ0n) is 13.1. The first-order chi connectivity index (χ1) is 9.97. The molecule has 118 valence electrons. The highest BCUT2D eigenvalue weighted by Crippen LogP contribution is 2.12. The first kappa shape index (κ1) is 16.0. The van der Waals surface area contributed by atoms with Gasteiger partial charge in [0, 0.05) is 26.1 Å². The molecule has 2 rings (SSSR count). The number of aliphatic hydroxyl groups is 1. The van der Waals surface area contributed by atoms with E-state index in [0.717, 1.165) is 25.1 Å². The number of hydrogen-bond acceptors (Lipinski definition) is 4. The van der Waals surface area contributed by atoms with E-state index in [4.69, 9.17) is 0 Å². The van der Waals surface area contributed by atoms with Crippen LogP contribution in [-0.4, -0.2) is 46.5 Å². The van der Waals surface area contributed by atoms with Gasteiger partial charge >= 0.3 is 0 Å². The largest absolute Gasteiger partial charge is 0.391 e. The number of aliphatic hydroxyl groups excluding tert-OH is 1. The highest BCUT2D eigenvalue weighted by Gasteiger charge is 2.24. The van der Waals surface area contributed by atoms with Crippen LogP contribution in [0.1, 0.15) is 36.5 Å². The van der Waals surface area contributed by atoms with E-state index in [2.05, 4.69) is 29.6 Å². The molecular weight excluding hydrogens is 268 g/mol. The van der Waals surface area contributed by atoms with Crippen LogP contribution < -0.4 is 10.6 Å². The zero-order valence-corrected chi connectivity index (χ0v) is 13.1. The molecule has 1 aliphatic rings. The number of carbonyl (C=O) groups excluding carboxylic acids is 1. The number of aryl methyl sites for hydroxylation is 1. The lowest BCUT2D eigenvalue weighted by molar-refractivity contribution is 0.0749. The van der Waals surface area contributed by atoms with Crippen LogP contribution in [0.3, 0.4) is 0 Å². The Hall–Kier alpha value is -1.40. The minimum absolute atomic E-state index is 0.120. The number of nitrogens with zero attached hydrogens (tertiary/aromatic N) is 2. The lowest BCUT2D eigenvalue weighted by atomic mass is 9.95. The van der Waals surface area contributed by atoms with Gasteiger partial charge in [-0.25, -0.2) is 0 Å². The van der Waals surface area contributed by atoms with Crippen LogP contribution >= 0.6 is 0 Å². The van der Waals surface area contributed by atoms with Gasteiger partial charge in [0.25, 0.3) is 5.91 Å². The molecule has 21 heavy (non-hydrogen) atoms. The van der Waals surface area contributed by atoms with Gasteiger partial charge in [0.2, 0.25) is 0 Å². The van der Waals surface area contributed by atoms with Crippen LogP contribution in [0.25, 0.3) is 0 Å². The summed E-state index contributed by atoms with van der Waals surface area (Å²) in [6, 6.07) is 1.86. The van der Waals surface area contributed by atoms with Gasteiger partial charge in [0.05, 0.1) is 11.8 Å². The Morgan fingerprint density at radius 1 is 1.62 bits per heavy atom. The SMILES string of the molecule is CC(C)Cc1cc(C(=O)NC[C@@H]2CCNC[C@H]2O)n(C)n1. The third-order valence-electron chi connectivity index (χ3n) is 3.89. The fraction of sp³-hybridized carbons (Fsp3) is 0.733. The van der Waals surface area contributed by atoms with E-state index in [0.29, 0.717) is 24.7 Å². The smallest absolute Gasteiger partial charge is 0.269 e. The zero-order chi connectivity index (χ0) is 15.4. The summed E-state index contributed by atoms with van der Waals surface area (Å²) >= 11 is 0. The topological polar surface area (TPSA) is 79.2 Å². The summed E-state index contributed by atoms with van der Waals surface area (Å²) in [6.07, 6.45) is 1.36. The predicted molar refractivity (Wildman–Crippen MR) is 81.1 cm³/mol. The van der Waals surface area contributed by atoms with Crippen molar-refractivity contribution in [2.45, 2.75) is 32.8 Å². The molecular formula is C15H26N4O2. The molecule has 0 aromatic carbocycles. The fourth-order valence-corrected chi connectivity index (χ4v) is 2.71. The van der Waals surface area contributed by atoms with Crippen molar-refractivity contribution in [3.8, 4) is 0 Å². The average molecular weight is 294 g/mol. The molecule has 1 saturated heterocycles. The molecule has 6 nitrogen and oxygen atoms in total. The number of amides is 1. The number of rotatable bonds is 5. The number of hydrogen-bond donors (Lipinski definition) is 3. The summed E-state index contributed by atoms with van der Waals surface area (Å²) in [5, 5.41) is 20.3. The number of aromatic nitrogens is 2. The van der Waals surface area contributed by atoms with Gasteiger partial charge in [-0.1, -0.05) is 13.8 Å². The van der Waals surface area contributed by atoms with Crippen molar-refractivity contribution in [1.82, 2.24) is 20.4 Å². The minimum Gasteiger partial charge on any atom is -0.391 e. The maximum Gasteiger partial charge on any atom is 0.269 e. The van der Waals surface area contributed by atoms with E-state index >= 15 is 0 Å². The Morgan fingerprint density at radius 2 is 2.38 bits per heavy atom. The molecule has 2 atom stereocenters. The van der Waals surface area contributed by atoms with E-state index in [9.17, 15) is 9.90 Å². The van der Waals surface area contributed by atoms with Crippen molar-refractivity contribution >= 4 is 5.91 Å². The maximum absolute atomic E-state index is 12.2. The molecule has 1 aromatic rings. The van der Waals surface area contributed by atoms with Crippen LogP contribution in [0.5, 0.6) is 0 Å². The molecule has 0 unspecified atom stereocenters. The normalized spacial score (nSPS) is 22.5.